The number of amides is 1. The van der Waals surface area contributed by atoms with Crippen LogP contribution in [0.15, 0.2) is 54.6 Å². The van der Waals surface area contributed by atoms with Gasteiger partial charge in [-0.15, -0.1) is 0 Å². The third kappa shape index (κ3) is 6.15. The third-order valence-corrected chi connectivity index (χ3v) is 6.07. The average molecular weight is 433 g/mol. The lowest BCUT2D eigenvalue weighted by atomic mass is 10.1. The fourth-order valence-corrected chi connectivity index (χ4v) is 4.22. The standard InChI is InChI=1S/C21H23NO7S/c1-3-29-17-12-8-7-11-16(17)22-19(23)14-30(26,27)18(13-20(24)28-2)21(25)15-9-5-4-6-10-15/h4-12,18H,3,13-14H2,1-2H3,(H,22,23). The average Bonchev–Trinajstić information content (AvgIpc) is 2.73. The van der Waals surface area contributed by atoms with Crippen molar-refractivity contribution in [1.82, 2.24) is 0 Å². The van der Waals surface area contributed by atoms with Crippen LogP contribution in [0.4, 0.5) is 5.69 Å². The van der Waals surface area contributed by atoms with Crippen molar-refractivity contribution < 1.29 is 32.3 Å². The molecule has 0 saturated heterocycles. The number of nitrogens with one attached hydrogen (secondary N) is 1. The van der Waals surface area contributed by atoms with Gasteiger partial charge in [0.1, 0.15) is 16.8 Å². The fraction of sp³-hybridized carbons (Fsp3) is 0.286. The summed E-state index contributed by atoms with van der Waals surface area (Å²) in [6.07, 6.45) is -0.685. The molecule has 0 saturated carbocycles. The summed E-state index contributed by atoms with van der Waals surface area (Å²) < 4.78 is 35.7. The minimum atomic E-state index is -4.32. The van der Waals surface area contributed by atoms with Gasteiger partial charge in [0, 0.05) is 5.56 Å². The van der Waals surface area contributed by atoms with Gasteiger partial charge in [0.25, 0.3) is 0 Å². The third-order valence-electron chi connectivity index (χ3n) is 4.16. The van der Waals surface area contributed by atoms with Crippen molar-refractivity contribution in [2.24, 2.45) is 0 Å². The number of para-hydroxylation sites is 2. The predicted octanol–water partition coefficient (Wildman–Crippen LogP) is 2.25. The van der Waals surface area contributed by atoms with Crippen LogP contribution in [0.1, 0.15) is 23.7 Å². The van der Waals surface area contributed by atoms with Gasteiger partial charge in [0.15, 0.2) is 15.6 Å². The van der Waals surface area contributed by atoms with Gasteiger partial charge in [-0.3, -0.25) is 14.4 Å². The molecule has 30 heavy (non-hydrogen) atoms. The Kier molecular flexibility index (Phi) is 8.11. The van der Waals surface area contributed by atoms with Crippen LogP contribution in [0.2, 0.25) is 0 Å². The number of rotatable bonds is 10. The second kappa shape index (κ2) is 10.5. The molecule has 0 aromatic heterocycles. The Labute approximate surface area is 175 Å². The van der Waals surface area contributed by atoms with E-state index in [-0.39, 0.29) is 5.56 Å². The topological polar surface area (TPSA) is 116 Å². The van der Waals surface area contributed by atoms with E-state index in [1.807, 2.05) is 0 Å². The molecule has 0 spiro atoms. The number of hydrogen-bond acceptors (Lipinski definition) is 7. The summed E-state index contributed by atoms with van der Waals surface area (Å²) in [6, 6.07) is 14.3. The van der Waals surface area contributed by atoms with Gasteiger partial charge in [-0.05, 0) is 19.1 Å². The number of esters is 1. The highest BCUT2D eigenvalue weighted by Gasteiger charge is 2.37. The Hall–Kier alpha value is -3.20. The van der Waals surface area contributed by atoms with E-state index in [2.05, 4.69) is 10.1 Å². The molecule has 1 unspecified atom stereocenters. The maximum Gasteiger partial charge on any atom is 0.307 e. The number of sulfone groups is 1. The molecule has 2 aromatic carbocycles. The molecule has 0 aliphatic carbocycles. The lowest BCUT2D eigenvalue weighted by Gasteiger charge is -2.16. The molecule has 2 rings (SSSR count). The predicted molar refractivity (Wildman–Crippen MR) is 111 cm³/mol. The van der Waals surface area contributed by atoms with E-state index in [4.69, 9.17) is 4.74 Å². The first-order valence-electron chi connectivity index (χ1n) is 9.17. The van der Waals surface area contributed by atoms with E-state index in [9.17, 15) is 22.8 Å². The molecule has 1 N–H and O–H groups in total. The number of carbonyl (C=O) groups excluding carboxylic acids is 3. The maximum atomic E-state index is 12.9. The first-order valence-corrected chi connectivity index (χ1v) is 10.9. The number of Topliss-reactive ketones (excluding diaryl/α,β-unsaturated/α-hetero) is 1. The zero-order chi connectivity index (χ0) is 22.1. The van der Waals surface area contributed by atoms with Gasteiger partial charge in [-0.25, -0.2) is 8.42 Å². The van der Waals surface area contributed by atoms with Crippen LogP contribution in [0.3, 0.4) is 0 Å². The van der Waals surface area contributed by atoms with Gasteiger partial charge in [-0.1, -0.05) is 42.5 Å². The summed E-state index contributed by atoms with van der Waals surface area (Å²) in [7, 11) is -3.23. The number of benzene rings is 2. The van der Waals surface area contributed by atoms with E-state index in [1.165, 1.54) is 12.1 Å². The van der Waals surface area contributed by atoms with E-state index >= 15 is 0 Å². The molecule has 0 aliphatic rings. The molecular weight excluding hydrogens is 410 g/mol. The van der Waals surface area contributed by atoms with Gasteiger partial charge in [0.2, 0.25) is 5.91 Å². The van der Waals surface area contributed by atoms with Crippen molar-refractivity contribution in [2.45, 2.75) is 18.6 Å². The van der Waals surface area contributed by atoms with Gasteiger partial charge in [-0.2, -0.15) is 0 Å². The van der Waals surface area contributed by atoms with Gasteiger partial charge >= 0.3 is 5.97 Å². The second-order valence-corrected chi connectivity index (χ2v) is 8.47. The van der Waals surface area contributed by atoms with Crippen molar-refractivity contribution in [1.29, 1.82) is 0 Å². The monoisotopic (exact) mass is 433 g/mol. The number of carbonyl (C=O) groups is 3. The van der Waals surface area contributed by atoms with E-state index in [0.29, 0.717) is 18.0 Å². The molecule has 8 nitrogen and oxygen atoms in total. The molecule has 0 fully saturated rings. The molecular formula is C21H23NO7S. The zero-order valence-corrected chi connectivity index (χ0v) is 17.5. The Bertz CT molecular complexity index is 1000. The highest BCUT2D eigenvalue weighted by molar-refractivity contribution is 7.93. The number of methoxy groups -OCH3 is 1. The molecule has 2 aromatic rings. The van der Waals surface area contributed by atoms with Crippen LogP contribution < -0.4 is 10.1 Å². The van der Waals surface area contributed by atoms with Crippen LogP contribution >= 0.6 is 0 Å². The minimum absolute atomic E-state index is 0.122. The highest BCUT2D eigenvalue weighted by Crippen LogP contribution is 2.24. The Morgan fingerprint density at radius 2 is 1.63 bits per heavy atom. The molecule has 0 aliphatic heterocycles. The SMILES string of the molecule is CCOc1ccccc1NC(=O)CS(=O)(=O)C(CC(=O)OC)C(=O)c1ccccc1. The van der Waals surface area contributed by atoms with E-state index in [1.54, 1.807) is 49.4 Å². The van der Waals surface area contributed by atoms with E-state index < -0.39 is 44.9 Å². The van der Waals surface area contributed by atoms with Crippen molar-refractivity contribution >= 4 is 33.2 Å². The van der Waals surface area contributed by atoms with Crippen molar-refractivity contribution in [2.75, 3.05) is 24.8 Å². The highest BCUT2D eigenvalue weighted by atomic mass is 32.2. The summed E-state index contributed by atoms with van der Waals surface area (Å²) in [4.78, 5) is 37.0. The van der Waals surface area contributed by atoms with Crippen molar-refractivity contribution in [3.8, 4) is 5.75 Å². The zero-order valence-electron chi connectivity index (χ0n) is 16.7. The number of ether oxygens (including phenoxy) is 2. The summed E-state index contributed by atoms with van der Waals surface area (Å²) in [5.41, 5.74) is 0.426. The Morgan fingerprint density at radius 1 is 1.00 bits per heavy atom. The van der Waals surface area contributed by atoms with Crippen LogP contribution in [0, 0.1) is 0 Å². The molecule has 1 amide bonds. The molecule has 1 atom stereocenters. The largest absolute Gasteiger partial charge is 0.492 e. The summed E-state index contributed by atoms with van der Waals surface area (Å²) in [5.74, 6) is -3.08. The molecule has 0 bridgehead atoms. The lowest BCUT2D eigenvalue weighted by molar-refractivity contribution is -0.140. The maximum absolute atomic E-state index is 12.9. The second-order valence-electron chi connectivity index (χ2n) is 6.28. The van der Waals surface area contributed by atoms with Gasteiger partial charge < -0.3 is 14.8 Å². The van der Waals surface area contributed by atoms with E-state index in [0.717, 1.165) is 7.11 Å². The van der Waals surface area contributed by atoms with Crippen LogP contribution in [0.5, 0.6) is 5.75 Å². The number of ketones is 1. The normalized spacial score (nSPS) is 11.9. The molecule has 0 radical (unpaired) electrons. The van der Waals surface area contributed by atoms with Crippen LogP contribution in [-0.4, -0.2) is 50.8 Å². The minimum Gasteiger partial charge on any atom is -0.492 e. The Morgan fingerprint density at radius 3 is 2.27 bits per heavy atom. The van der Waals surface area contributed by atoms with Crippen molar-refractivity contribution in [3.05, 3.63) is 60.2 Å². The Balaban J connectivity index is 2.24. The van der Waals surface area contributed by atoms with Crippen molar-refractivity contribution in [3.63, 3.8) is 0 Å². The van der Waals surface area contributed by atoms with Crippen LogP contribution in [-0.2, 0) is 24.2 Å². The number of hydrogen-bond donors (Lipinski definition) is 1. The summed E-state index contributed by atoms with van der Waals surface area (Å²) in [5, 5.41) is 0.746. The quantitative estimate of drug-likeness (QED) is 0.451. The molecule has 160 valence electrons. The molecule has 0 heterocycles. The molecule has 9 heteroatoms. The fourth-order valence-electron chi connectivity index (χ4n) is 2.73. The number of anilines is 1. The van der Waals surface area contributed by atoms with Gasteiger partial charge in [0.05, 0.1) is 25.8 Å². The van der Waals surface area contributed by atoms with Crippen LogP contribution in [0.25, 0.3) is 0 Å². The first kappa shape index (κ1) is 23.1. The lowest BCUT2D eigenvalue weighted by Crippen LogP contribution is -2.38. The smallest absolute Gasteiger partial charge is 0.307 e. The summed E-state index contributed by atoms with van der Waals surface area (Å²) >= 11 is 0. The summed E-state index contributed by atoms with van der Waals surface area (Å²) in [6.45, 7) is 2.13. The first-order chi connectivity index (χ1) is 14.3.